The monoisotopic (exact) mass is 369 g/mol. The second-order valence-corrected chi connectivity index (χ2v) is 5.78. The fraction of sp³-hybridized carbons (Fsp3) is 0.211. The molecule has 0 bridgehead atoms. The van der Waals surface area contributed by atoms with E-state index >= 15 is 0 Å². The van der Waals surface area contributed by atoms with E-state index in [4.69, 9.17) is 14.2 Å². The van der Waals surface area contributed by atoms with Gasteiger partial charge in [0.2, 0.25) is 6.79 Å². The third-order valence-electron chi connectivity index (χ3n) is 3.99. The lowest BCUT2D eigenvalue weighted by atomic mass is 10.0. The van der Waals surface area contributed by atoms with Crippen LogP contribution in [0.4, 0.5) is 0 Å². The number of methoxy groups -OCH3 is 1. The first-order valence-electron chi connectivity index (χ1n) is 8.09. The molecule has 0 aromatic heterocycles. The Balaban J connectivity index is 1.75. The first kappa shape index (κ1) is 18.2. The van der Waals surface area contributed by atoms with Crippen molar-refractivity contribution in [3.8, 4) is 17.2 Å². The van der Waals surface area contributed by atoms with E-state index in [2.05, 4.69) is 10.5 Å². The van der Waals surface area contributed by atoms with Gasteiger partial charge in [-0.1, -0.05) is 0 Å². The number of hydrogen-bond donors (Lipinski definition) is 1. The molecule has 8 heteroatoms. The molecule has 0 radical (unpaired) electrons. The first-order chi connectivity index (χ1) is 13.0. The lowest BCUT2D eigenvalue weighted by molar-refractivity contribution is -0.304. The molecule has 3 rings (SSSR count). The molecule has 2 aromatic carbocycles. The molecule has 0 spiro atoms. The van der Waals surface area contributed by atoms with Gasteiger partial charge in [0, 0.05) is 23.5 Å². The molecule has 1 aliphatic rings. The van der Waals surface area contributed by atoms with Gasteiger partial charge in [-0.3, -0.25) is 4.79 Å². The van der Waals surface area contributed by atoms with Crippen LogP contribution in [0.3, 0.4) is 0 Å². The van der Waals surface area contributed by atoms with E-state index in [1.807, 2.05) is 0 Å². The Bertz CT molecular complexity index is 922. The molecular weight excluding hydrogens is 352 g/mol. The highest BCUT2D eigenvalue weighted by atomic mass is 16.7. The van der Waals surface area contributed by atoms with E-state index < -0.39 is 11.9 Å². The number of carboxylic acid groups (broad SMARTS) is 1. The van der Waals surface area contributed by atoms with Crippen molar-refractivity contribution in [2.45, 2.75) is 13.3 Å². The smallest absolute Gasteiger partial charge is 0.271 e. The average Bonchev–Trinajstić information content (AvgIpc) is 3.13. The molecule has 1 aliphatic heterocycles. The Morgan fingerprint density at radius 1 is 1.15 bits per heavy atom. The van der Waals surface area contributed by atoms with Crippen molar-refractivity contribution in [1.29, 1.82) is 0 Å². The molecule has 1 amide bonds. The van der Waals surface area contributed by atoms with E-state index in [1.165, 1.54) is 7.11 Å². The SMILES string of the molecule is COc1ccc(/C(C)=N\NC(=O)c2ccc3c(c2)OCO3)cc1CC(=O)[O-]. The molecule has 140 valence electrons. The number of hydrogen-bond acceptors (Lipinski definition) is 7. The van der Waals surface area contributed by atoms with Gasteiger partial charge in [-0.25, -0.2) is 5.43 Å². The van der Waals surface area contributed by atoms with Crippen LogP contribution in [-0.2, 0) is 11.2 Å². The van der Waals surface area contributed by atoms with Gasteiger partial charge < -0.3 is 24.1 Å². The largest absolute Gasteiger partial charge is 0.550 e. The summed E-state index contributed by atoms with van der Waals surface area (Å²) in [6.45, 7) is 1.83. The van der Waals surface area contributed by atoms with Crippen molar-refractivity contribution in [1.82, 2.24) is 5.43 Å². The second kappa shape index (κ2) is 7.77. The summed E-state index contributed by atoms with van der Waals surface area (Å²) in [5.41, 5.74) is 4.47. The van der Waals surface area contributed by atoms with E-state index in [1.54, 1.807) is 43.3 Å². The number of fused-ring (bicyclic) bond motifs is 1. The lowest BCUT2D eigenvalue weighted by Gasteiger charge is -2.11. The van der Waals surface area contributed by atoms with Crippen LogP contribution in [0.5, 0.6) is 17.2 Å². The number of amides is 1. The summed E-state index contributed by atoms with van der Waals surface area (Å²) < 4.78 is 15.6. The molecule has 0 saturated carbocycles. The van der Waals surface area contributed by atoms with Crippen LogP contribution < -0.4 is 24.7 Å². The molecule has 0 fully saturated rings. The minimum Gasteiger partial charge on any atom is -0.550 e. The molecule has 1 heterocycles. The summed E-state index contributed by atoms with van der Waals surface area (Å²) in [4.78, 5) is 23.2. The van der Waals surface area contributed by atoms with E-state index in [-0.39, 0.29) is 13.2 Å². The highest BCUT2D eigenvalue weighted by Crippen LogP contribution is 2.32. The normalized spacial score (nSPS) is 12.6. The Kier molecular flexibility index (Phi) is 5.25. The van der Waals surface area contributed by atoms with Crippen molar-refractivity contribution in [3.63, 3.8) is 0 Å². The number of nitrogens with one attached hydrogen (secondary N) is 1. The van der Waals surface area contributed by atoms with Gasteiger partial charge in [-0.05, 0) is 48.9 Å². The van der Waals surface area contributed by atoms with Gasteiger partial charge in [-0.2, -0.15) is 5.10 Å². The molecular formula is C19H17N2O6-. The molecule has 2 aromatic rings. The van der Waals surface area contributed by atoms with Crippen molar-refractivity contribution in [2.24, 2.45) is 5.10 Å². The van der Waals surface area contributed by atoms with Crippen LogP contribution in [-0.4, -0.2) is 31.5 Å². The van der Waals surface area contributed by atoms with Crippen LogP contribution in [0, 0.1) is 0 Å². The number of aliphatic carboxylic acids is 1. The van der Waals surface area contributed by atoms with Crippen LogP contribution in [0.15, 0.2) is 41.5 Å². The Morgan fingerprint density at radius 3 is 2.63 bits per heavy atom. The topological polar surface area (TPSA) is 109 Å². The summed E-state index contributed by atoms with van der Waals surface area (Å²) in [6, 6.07) is 9.85. The minimum absolute atomic E-state index is 0.128. The standard InChI is InChI=1S/C19H18N2O6/c1-11(12-3-5-15(25-2)14(7-12)9-18(22)23)20-21-19(24)13-4-6-16-17(8-13)27-10-26-16/h3-8H,9-10H2,1-2H3,(H,21,24)(H,22,23)/p-1/b20-11-. The summed E-state index contributed by atoms with van der Waals surface area (Å²) in [7, 11) is 1.46. The Hall–Kier alpha value is -3.55. The number of ether oxygens (including phenoxy) is 3. The van der Waals surface area contributed by atoms with Crippen LogP contribution in [0.1, 0.15) is 28.4 Å². The van der Waals surface area contributed by atoms with Crippen molar-refractivity contribution < 1.29 is 28.9 Å². The highest BCUT2D eigenvalue weighted by molar-refractivity contribution is 6.01. The maximum absolute atomic E-state index is 12.3. The summed E-state index contributed by atoms with van der Waals surface area (Å²) in [6.07, 6.45) is -0.284. The number of nitrogens with zero attached hydrogens (tertiary/aromatic N) is 1. The maximum atomic E-state index is 12.3. The fourth-order valence-corrected chi connectivity index (χ4v) is 2.60. The lowest BCUT2D eigenvalue weighted by Crippen LogP contribution is -2.24. The highest BCUT2D eigenvalue weighted by Gasteiger charge is 2.16. The quantitative estimate of drug-likeness (QED) is 0.598. The predicted octanol–water partition coefficient (Wildman–Crippen LogP) is 0.870. The summed E-state index contributed by atoms with van der Waals surface area (Å²) in [5, 5.41) is 15.0. The van der Waals surface area contributed by atoms with E-state index in [9.17, 15) is 14.7 Å². The number of rotatable bonds is 6. The van der Waals surface area contributed by atoms with Gasteiger partial charge >= 0.3 is 0 Å². The number of carboxylic acids is 1. The molecule has 27 heavy (non-hydrogen) atoms. The third-order valence-corrected chi connectivity index (χ3v) is 3.99. The molecule has 1 N–H and O–H groups in total. The Morgan fingerprint density at radius 2 is 1.89 bits per heavy atom. The second-order valence-electron chi connectivity index (χ2n) is 5.78. The molecule has 8 nitrogen and oxygen atoms in total. The number of benzene rings is 2. The maximum Gasteiger partial charge on any atom is 0.271 e. The first-order valence-corrected chi connectivity index (χ1v) is 8.09. The van der Waals surface area contributed by atoms with Crippen molar-refractivity contribution in [2.75, 3.05) is 13.9 Å². The van der Waals surface area contributed by atoms with E-state index in [0.29, 0.717) is 39.7 Å². The van der Waals surface area contributed by atoms with E-state index in [0.717, 1.165) is 0 Å². The molecule has 0 saturated heterocycles. The average molecular weight is 369 g/mol. The van der Waals surface area contributed by atoms with Crippen LogP contribution in [0.25, 0.3) is 0 Å². The molecule has 0 atom stereocenters. The summed E-state index contributed by atoms with van der Waals surface area (Å²) in [5.74, 6) is -0.0808. The molecule has 0 unspecified atom stereocenters. The third kappa shape index (κ3) is 4.17. The number of carbonyl (C=O) groups excluding carboxylic acids is 2. The number of carbonyl (C=O) groups is 2. The zero-order valence-electron chi connectivity index (χ0n) is 14.8. The van der Waals surface area contributed by atoms with Gasteiger partial charge in [-0.15, -0.1) is 0 Å². The van der Waals surface area contributed by atoms with Gasteiger partial charge in [0.25, 0.3) is 5.91 Å². The fourth-order valence-electron chi connectivity index (χ4n) is 2.60. The number of hydrazone groups is 1. The van der Waals surface area contributed by atoms with Gasteiger partial charge in [0.05, 0.1) is 12.8 Å². The zero-order valence-corrected chi connectivity index (χ0v) is 14.8. The minimum atomic E-state index is -1.21. The summed E-state index contributed by atoms with van der Waals surface area (Å²) >= 11 is 0. The Labute approximate surface area is 155 Å². The predicted molar refractivity (Wildman–Crippen MR) is 93.9 cm³/mol. The van der Waals surface area contributed by atoms with Crippen molar-refractivity contribution in [3.05, 3.63) is 53.1 Å². The van der Waals surface area contributed by atoms with Crippen molar-refractivity contribution >= 4 is 17.6 Å². The molecule has 0 aliphatic carbocycles. The zero-order chi connectivity index (χ0) is 19.4. The van der Waals surface area contributed by atoms with Crippen LogP contribution >= 0.6 is 0 Å². The van der Waals surface area contributed by atoms with Gasteiger partial charge in [0.1, 0.15) is 5.75 Å². The van der Waals surface area contributed by atoms with Crippen LogP contribution in [0.2, 0.25) is 0 Å². The van der Waals surface area contributed by atoms with Gasteiger partial charge in [0.15, 0.2) is 11.5 Å².